The molecule has 1 saturated heterocycles. The number of carbonyl (C=O) groups excluding carboxylic acids is 1. The standard InChI is InChI=1S/C13H25NO2/c1-10(2)13(6)8-7-9-14(13)11(15)16-12(3,4)5/h10H,7-9H2,1-6H3. The lowest BCUT2D eigenvalue weighted by Gasteiger charge is -2.39. The van der Waals surface area contributed by atoms with Gasteiger partial charge in [-0.2, -0.15) is 0 Å². The van der Waals surface area contributed by atoms with E-state index in [0.29, 0.717) is 5.92 Å². The molecule has 1 heterocycles. The fourth-order valence-electron chi connectivity index (χ4n) is 2.20. The van der Waals surface area contributed by atoms with Gasteiger partial charge in [0.15, 0.2) is 0 Å². The average molecular weight is 227 g/mol. The van der Waals surface area contributed by atoms with Crippen molar-refractivity contribution in [2.45, 2.75) is 65.5 Å². The van der Waals surface area contributed by atoms with Gasteiger partial charge in [-0.15, -0.1) is 0 Å². The van der Waals surface area contributed by atoms with Crippen LogP contribution in [-0.4, -0.2) is 28.7 Å². The zero-order chi connectivity index (χ0) is 12.6. The van der Waals surface area contributed by atoms with Gasteiger partial charge in [0.1, 0.15) is 5.60 Å². The largest absolute Gasteiger partial charge is 0.444 e. The molecular formula is C13H25NO2. The average Bonchev–Trinajstić information content (AvgIpc) is 2.45. The molecule has 0 radical (unpaired) electrons. The Balaban J connectivity index is 2.76. The van der Waals surface area contributed by atoms with Crippen molar-refractivity contribution in [2.75, 3.05) is 6.54 Å². The molecule has 1 rings (SSSR count). The van der Waals surface area contributed by atoms with Crippen LogP contribution in [0.1, 0.15) is 54.4 Å². The highest BCUT2D eigenvalue weighted by Gasteiger charge is 2.43. The highest BCUT2D eigenvalue weighted by molar-refractivity contribution is 5.69. The monoisotopic (exact) mass is 227 g/mol. The highest BCUT2D eigenvalue weighted by atomic mass is 16.6. The van der Waals surface area contributed by atoms with E-state index < -0.39 is 5.60 Å². The van der Waals surface area contributed by atoms with Crippen LogP contribution in [0.2, 0.25) is 0 Å². The Bertz CT molecular complexity index is 268. The van der Waals surface area contributed by atoms with Crippen LogP contribution in [0, 0.1) is 5.92 Å². The second kappa shape index (κ2) is 4.27. The summed E-state index contributed by atoms with van der Waals surface area (Å²) in [5, 5.41) is 0. The third-order valence-corrected chi connectivity index (χ3v) is 3.54. The molecule has 0 aromatic rings. The molecule has 94 valence electrons. The summed E-state index contributed by atoms with van der Waals surface area (Å²) in [6.07, 6.45) is 1.99. The fourth-order valence-corrected chi connectivity index (χ4v) is 2.20. The molecule has 0 N–H and O–H groups in total. The van der Waals surface area contributed by atoms with Gasteiger partial charge in [-0.1, -0.05) is 13.8 Å². The molecule has 0 spiro atoms. The van der Waals surface area contributed by atoms with Crippen molar-refractivity contribution in [3.8, 4) is 0 Å². The normalized spacial score (nSPS) is 26.3. The summed E-state index contributed by atoms with van der Waals surface area (Å²) < 4.78 is 5.45. The van der Waals surface area contributed by atoms with E-state index in [0.717, 1.165) is 19.4 Å². The van der Waals surface area contributed by atoms with Crippen molar-refractivity contribution in [3.63, 3.8) is 0 Å². The van der Waals surface area contributed by atoms with E-state index in [4.69, 9.17) is 4.74 Å². The summed E-state index contributed by atoms with van der Waals surface area (Å²) in [6.45, 7) is 13.1. The molecule has 0 aromatic heterocycles. The van der Waals surface area contributed by atoms with Gasteiger partial charge in [0.05, 0.1) is 0 Å². The SMILES string of the molecule is CC(C)C1(C)CCCN1C(=O)OC(C)(C)C. The van der Waals surface area contributed by atoms with Gasteiger partial charge in [-0.25, -0.2) is 4.79 Å². The summed E-state index contributed by atoms with van der Waals surface area (Å²) in [5.41, 5.74) is -0.445. The van der Waals surface area contributed by atoms with Gasteiger partial charge in [-0.3, -0.25) is 0 Å². The van der Waals surface area contributed by atoms with Crippen LogP contribution >= 0.6 is 0 Å². The van der Waals surface area contributed by atoms with E-state index in [-0.39, 0.29) is 11.6 Å². The predicted octanol–water partition coefficient (Wildman–Crippen LogP) is 3.43. The van der Waals surface area contributed by atoms with E-state index in [1.54, 1.807) is 0 Å². The number of ether oxygens (including phenoxy) is 1. The summed E-state index contributed by atoms with van der Waals surface area (Å²) in [4.78, 5) is 14.0. The minimum absolute atomic E-state index is 0.0394. The lowest BCUT2D eigenvalue weighted by atomic mass is 9.86. The molecule has 16 heavy (non-hydrogen) atoms. The number of amides is 1. The molecule has 3 heteroatoms. The van der Waals surface area contributed by atoms with Crippen LogP contribution in [0.15, 0.2) is 0 Å². The number of hydrogen-bond acceptors (Lipinski definition) is 2. The van der Waals surface area contributed by atoms with E-state index in [1.807, 2.05) is 25.7 Å². The summed E-state index contributed by atoms with van der Waals surface area (Å²) in [6, 6.07) is 0. The maximum Gasteiger partial charge on any atom is 0.410 e. The topological polar surface area (TPSA) is 29.5 Å². The number of hydrogen-bond donors (Lipinski definition) is 0. The predicted molar refractivity (Wildman–Crippen MR) is 65.4 cm³/mol. The number of rotatable bonds is 1. The fraction of sp³-hybridized carbons (Fsp3) is 0.923. The summed E-state index contributed by atoms with van der Waals surface area (Å²) >= 11 is 0. The van der Waals surface area contributed by atoms with Crippen molar-refractivity contribution < 1.29 is 9.53 Å². The maximum absolute atomic E-state index is 12.1. The molecule has 0 aliphatic carbocycles. The van der Waals surface area contributed by atoms with Crippen LogP contribution in [-0.2, 0) is 4.74 Å². The Kier molecular flexibility index (Phi) is 3.56. The molecule has 0 saturated carbocycles. The minimum Gasteiger partial charge on any atom is -0.444 e. The Hall–Kier alpha value is -0.730. The van der Waals surface area contributed by atoms with Crippen LogP contribution in [0.25, 0.3) is 0 Å². The molecule has 1 amide bonds. The van der Waals surface area contributed by atoms with Crippen LogP contribution in [0.4, 0.5) is 4.79 Å². The third-order valence-electron chi connectivity index (χ3n) is 3.54. The van der Waals surface area contributed by atoms with Crippen LogP contribution in [0.5, 0.6) is 0 Å². The lowest BCUT2D eigenvalue weighted by Crippen LogP contribution is -2.50. The molecule has 1 fully saturated rings. The second-order valence-corrected chi connectivity index (χ2v) is 6.25. The Morgan fingerprint density at radius 2 is 1.94 bits per heavy atom. The van der Waals surface area contributed by atoms with Gasteiger partial charge in [-0.05, 0) is 46.5 Å². The van der Waals surface area contributed by atoms with Crippen LogP contribution in [0.3, 0.4) is 0 Å². The third kappa shape index (κ3) is 2.69. The van der Waals surface area contributed by atoms with E-state index in [2.05, 4.69) is 20.8 Å². The first-order valence-corrected chi connectivity index (χ1v) is 6.17. The molecule has 1 aliphatic heterocycles. The molecule has 0 aromatic carbocycles. The Morgan fingerprint density at radius 3 is 2.38 bits per heavy atom. The zero-order valence-electron chi connectivity index (χ0n) is 11.5. The Labute approximate surface area is 99.1 Å². The van der Waals surface area contributed by atoms with Gasteiger partial charge in [0, 0.05) is 12.1 Å². The maximum atomic E-state index is 12.1. The highest BCUT2D eigenvalue weighted by Crippen LogP contribution is 2.36. The van der Waals surface area contributed by atoms with E-state index >= 15 is 0 Å². The molecule has 1 aliphatic rings. The Morgan fingerprint density at radius 1 is 1.38 bits per heavy atom. The zero-order valence-corrected chi connectivity index (χ0v) is 11.5. The smallest absolute Gasteiger partial charge is 0.410 e. The van der Waals surface area contributed by atoms with Gasteiger partial charge in [0.25, 0.3) is 0 Å². The van der Waals surface area contributed by atoms with E-state index in [9.17, 15) is 4.79 Å². The molecular weight excluding hydrogens is 202 g/mol. The van der Waals surface area contributed by atoms with Crippen molar-refractivity contribution in [3.05, 3.63) is 0 Å². The second-order valence-electron chi connectivity index (χ2n) is 6.25. The summed E-state index contributed by atoms with van der Waals surface area (Å²) in [7, 11) is 0. The minimum atomic E-state index is -0.405. The number of likely N-dealkylation sites (tertiary alicyclic amines) is 1. The van der Waals surface area contributed by atoms with Crippen molar-refractivity contribution >= 4 is 6.09 Å². The first kappa shape index (κ1) is 13.3. The van der Waals surface area contributed by atoms with Crippen molar-refractivity contribution in [1.82, 2.24) is 4.90 Å². The van der Waals surface area contributed by atoms with Gasteiger partial charge in [0.2, 0.25) is 0 Å². The number of carbonyl (C=O) groups is 1. The summed E-state index contributed by atoms with van der Waals surface area (Å²) in [5.74, 6) is 0.461. The first-order valence-electron chi connectivity index (χ1n) is 6.17. The van der Waals surface area contributed by atoms with E-state index in [1.165, 1.54) is 0 Å². The molecule has 0 bridgehead atoms. The lowest BCUT2D eigenvalue weighted by molar-refractivity contribution is 0.00260. The number of nitrogens with zero attached hydrogens (tertiary/aromatic N) is 1. The van der Waals surface area contributed by atoms with Crippen molar-refractivity contribution in [1.29, 1.82) is 0 Å². The molecule has 1 atom stereocenters. The van der Waals surface area contributed by atoms with Crippen molar-refractivity contribution in [2.24, 2.45) is 5.92 Å². The quantitative estimate of drug-likeness (QED) is 0.687. The van der Waals surface area contributed by atoms with Gasteiger partial charge < -0.3 is 9.64 Å². The van der Waals surface area contributed by atoms with Crippen LogP contribution < -0.4 is 0 Å². The first-order chi connectivity index (χ1) is 7.17. The molecule has 3 nitrogen and oxygen atoms in total. The molecule has 1 unspecified atom stereocenters. The van der Waals surface area contributed by atoms with Gasteiger partial charge >= 0.3 is 6.09 Å².